The third kappa shape index (κ3) is 3.45. The van der Waals surface area contributed by atoms with E-state index >= 15 is 0 Å². The van der Waals surface area contributed by atoms with E-state index < -0.39 is 0 Å². The molecule has 3 N–H and O–H groups in total. The zero-order chi connectivity index (χ0) is 13.8. The summed E-state index contributed by atoms with van der Waals surface area (Å²) in [7, 11) is 0. The van der Waals surface area contributed by atoms with Crippen molar-refractivity contribution in [2.75, 3.05) is 24.6 Å². The molecule has 2 rings (SSSR count). The molecule has 0 spiro atoms. The fourth-order valence-corrected chi connectivity index (χ4v) is 2.88. The quantitative estimate of drug-likeness (QED) is 0.880. The molecule has 3 nitrogen and oxygen atoms in total. The Bertz CT molecular complexity index is 421. The standard InChI is InChI=1S/C15H23FN2O/c1-11(17)14-9-13(16)4-5-15(14)18-7-2-3-12(10-18)6-8-19/h4-5,9,11-12,19H,2-3,6-8,10,17H2,1H3. The number of hydrogen-bond donors (Lipinski definition) is 2. The average molecular weight is 266 g/mol. The van der Waals surface area contributed by atoms with Gasteiger partial charge in [-0.05, 0) is 55.9 Å². The van der Waals surface area contributed by atoms with Crippen LogP contribution in [0.2, 0.25) is 0 Å². The van der Waals surface area contributed by atoms with Crippen molar-refractivity contribution in [2.24, 2.45) is 11.7 Å². The zero-order valence-corrected chi connectivity index (χ0v) is 11.5. The molecule has 1 heterocycles. The first kappa shape index (κ1) is 14.3. The van der Waals surface area contributed by atoms with Crippen LogP contribution in [0.15, 0.2) is 18.2 Å². The first-order chi connectivity index (χ1) is 9.11. The molecule has 4 heteroatoms. The van der Waals surface area contributed by atoms with Crippen molar-refractivity contribution in [2.45, 2.75) is 32.2 Å². The molecule has 2 unspecified atom stereocenters. The molecule has 0 amide bonds. The highest BCUT2D eigenvalue weighted by Crippen LogP contribution is 2.30. The van der Waals surface area contributed by atoms with Crippen LogP contribution >= 0.6 is 0 Å². The first-order valence-electron chi connectivity index (χ1n) is 7.02. The van der Waals surface area contributed by atoms with Crippen LogP contribution in [0.1, 0.15) is 37.8 Å². The Kier molecular flexibility index (Phi) is 4.77. The lowest BCUT2D eigenvalue weighted by molar-refractivity contribution is 0.244. The van der Waals surface area contributed by atoms with Crippen molar-refractivity contribution >= 4 is 5.69 Å². The van der Waals surface area contributed by atoms with Crippen molar-refractivity contribution in [3.63, 3.8) is 0 Å². The highest BCUT2D eigenvalue weighted by molar-refractivity contribution is 5.55. The molecule has 1 fully saturated rings. The summed E-state index contributed by atoms with van der Waals surface area (Å²) >= 11 is 0. The summed E-state index contributed by atoms with van der Waals surface area (Å²) in [6.45, 7) is 4.02. The average Bonchev–Trinajstić information content (AvgIpc) is 2.39. The molecule has 1 aromatic rings. The predicted octanol–water partition coefficient (Wildman–Crippen LogP) is 2.44. The lowest BCUT2D eigenvalue weighted by atomic mass is 9.93. The third-order valence-corrected chi connectivity index (χ3v) is 3.88. The van der Waals surface area contributed by atoms with E-state index in [1.807, 2.05) is 13.0 Å². The fraction of sp³-hybridized carbons (Fsp3) is 0.600. The van der Waals surface area contributed by atoms with E-state index in [0.717, 1.165) is 43.6 Å². The van der Waals surface area contributed by atoms with Gasteiger partial charge < -0.3 is 15.7 Å². The fourth-order valence-electron chi connectivity index (χ4n) is 2.88. The molecule has 0 saturated carbocycles. The van der Waals surface area contributed by atoms with E-state index in [9.17, 15) is 4.39 Å². The van der Waals surface area contributed by atoms with E-state index in [0.29, 0.717) is 5.92 Å². The number of anilines is 1. The minimum absolute atomic E-state index is 0.177. The van der Waals surface area contributed by atoms with E-state index in [1.54, 1.807) is 0 Å². The SMILES string of the molecule is CC(N)c1cc(F)ccc1N1CCCC(CCO)C1. The lowest BCUT2D eigenvalue weighted by Crippen LogP contribution is -2.36. The molecule has 106 valence electrons. The second-order valence-electron chi connectivity index (χ2n) is 5.46. The Labute approximate surface area is 114 Å². The lowest BCUT2D eigenvalue weighted by Gasteiger charge is -2.36. The van der Waals surface area contributed by atoms with Crippen molar-refractivity contribution in [1.82, 2.24) is 0 Å². The highest BCUT2D eigenvalue weighted by atomic mass is 19.1. The summed E-state index contributed by atoms with van der Waals surface area (Å²) in [6.07, 6.45) is 3.11. The first-order valence-corrected chi connectivity index (χ1v) is 7.02. The number of rotatable bonds is 4. The molecule has 0 bridgehead atoms. The van der Waals surface area contributed by atoms with E-state index in [1.165, 1.54) is 12.1 Å². The van der Waals surface area contributed by atoms with Gasteiger partial charge in [-0.3, -0.25) is 0 Å². The molecule has 2 atom stereocenters. The number of benzene rings is 1. The van der Waals surface area contributed by atoms with Crippen LogP contribution in [-0.2, 0) is 0 Å². The molecule has 19 heavy (non-hydrogen) atoms. The second kappa shape index (κ2) is 6.35. The number of piperidine rings is 1. The summed E-state index contributed by atoms with van der Waals surface area (Å²) < 4.78 is 13.4. The van der Waals surface area contributed by atoms with Gasteiger partial charge in [-0.1, -0.05) is 0 Å². The van der Waals surface area contributed by atoms with Gasteiger partial charge in [-0.15, -0.1) is 0 Å². The summed E-state index contributed by atoms with van der Waals surface area (Å²) in [5.74, 6) is 0.282. The van der Waals surface area contributed by atoms with Gasteiger partial charge in [0.15, 0.2) is 0 Å². The van der Waals surface area contributed by atoms with Crippen LogP contribution in [0.25, 0.3) is 0 Å². The zero-order valence-electron chi connectivity index (χ0n) is 11.5. The van der Waals surface area contributed by atoms with Gasteiger partial charge in [0.2, 0.25) is 0 Å². The van der Waals surface area contributed by atoms with E-state index in [-0.39, 0.29) is 18.5 Å². The van der Waals surface area contributed by atoms with Crippen LogP contribution in [0.4, 0.5) is 10.1 Å². The van der Waals surface area contributed by atoms with E-state index in [2.05, 4.69) is 4.90 Å². The van der Waals surface area contributed by atoms with Gasteiger partial charge in [-0.25, -0.2) is 4.39 Å². The van der Waals surface area contributed by atoms with Gasteiger partial charge in [0.25, 0.3) is 0 Å². The van der Waals surface area contributed by atoms with Crippen molar-refractivity contribution < 1.29 is 9.50 Å². The number of aliphatic hydroxyl groups excluding tert-OH is 1. The molecular formula is C15H23FN2O. The van der Waals surface area contributed by atoms with Crippen molar-refractivity contribution in [1.29, 1.82) is 0 Å². The predicted molar refractivity (Wildman–Crippen MR) is 75.6 cm³/mol. The largest absolute Gasteiger partial charge is 0.396 e. The molecule has 1 aromatic carbocycles. The summed E-state index contributed by atoms with van der Waals surface area (Å²) in [5.41, 5.74) is 7.86. The monoisotopic (exact) mass is 266 g/mol. The molecule has 0 radical (unpaired) electrons. The highest BCUT2D eigenvalue weighted by Gasteiger charge is 2.22. The van der Waals surface area contributed by atoms with Gasteiger partial charge in [0.1, 0.15) is 5.82 Å². The molecule has 1 saturated heterocycles. The Hall–Kier alpha value is -1.13. The minimum atomic E-state index is -0.236. The Morgan fingerprint density at radius 1 is 1.53 bits per heavy atom. The van der Waals surface area contributed by atoms with Crippen molar-refractivity contribution in [3.8, 4) is 0 Å². The smallest absolute Gasteiger partial charge is 0.123 e. The Balaban J connectivity index is 2.20. The van der Waals surface area contributed by atoms with Gasteiger partial charge in [0, 0.05) is 31.4 Å². The second-order valence-corrected chi connectivity index (χ2v) is 5.46. The van der Waals surface area contributed by atoms with Gasteiger partial charge >= 0.3 is 0 Å². The van der Waals surface area contributed by atoms with Crippen LogP contribution in [0.3, 0.4) is 0 Å². The van der Waals surface area contributed by atoms with Gasteiger partial charge in [-0.2, -0.15) is 0 Å². The summed E-state index contributed by atoms with van der Waals surface area (Å²) in [6, 6.07) is 4.69. The van der Waals surface area contributed by atoms with Crippen LogP contribution in [0, 0.1) is 11.7 Å². The Morgan fingerprint density at radius 2 is 2.32 bits per heavy atom. The van der Waals surface area contributed by atoms with Crippen LogP contribution in [0.5, 0.6) is 0 Å². The molecule has 1 aliphatic heterocycles. The molecule has 0 aromatic heterocycles. The maximum Gasteiger partial charge on any atom is 0.123 e. The maximum absolute atomic E-state index is 13.4. The number of aliphatic hydroxyl groups is 1. The summed E-state index contributed by atoms with van der Waals surface area (Å²) in [5, 5.41) is 9.07. The van der Waals surface area contributed by atoms with Crippen LogP contribution in [-0.4, -0.2) is 24.8 Å². The number of nitrogens with zero attached hydrogens (tertiary/aromatic N) is 1. The molecule has 0 aliphatic carbocycles. The minimum Gasteiger partial charge on any atom is -0.396 e. The summed E-state index contributed by atoms with van der Waals surface area (Å²) in [4.78, 5) is 2.28. The number of hydrogen-bond acceptors (Lipinski definition) is 3. The van der Waals surface area contributed by atoms with Crippen LogP contribution < -0.4 is 10.6 Å². The topological polar surface area (TPSA) is 49.5 Å². The Morgan fingerprint density at radius 3 is 3.00 bits per heavy atom. The van der Waals surface area contributed by atoms with Gasteiger partial charge in [0.05, 0.1) is 0 Å². The molecule has 1 aliphatic rings. The number of nitrogens with two attached hydrogens (primary N) is 1. The van der Waals surface area contributed by atoms with Crippen molar-refractivity contribution in [3.05, 3.63) is 29.6 Å². The normalized spacial score (nSPS) is 21.5. The molecular weight excluding hydrogens is 243 g/mol. The number of halogens is 1. The maximum atomic E-state index is 13.4. The third-order valence-electron chi connectivity index (χ3n) is 3.88. The van der Waals surface area contributed by atoms with E-state index in [4.69, 9.17) is 10.8 Å².